The van der Waals surface area contributed by atoms with Crippen molar-refractivity contribution in [2.24, 2.45) is 23.2 Å². The van der Waals surface area contributed by atoms with Crippen molar-refractivity contribution < 1.29 is 24.1 Å². The summed E-state index contributed by atoms with van der Waals surface area (Å²) in [7, 11) is -1.85. The number of hydrogen-bond donors (Lipinski definition) is 2. The number of aliphatic hydroxyl groups excluding tert-OH is 1. The SMILES string of the molecule is CC(C)CCC1([C@@H](C)[C@@]2(O)[C@@H](O)C[C@H]3C[C@@H](O[Si](C)(C)C(C)(C)C)CC[C@@]32C)OCCO1. The van der Waals surface area contributed by atoms with Gasteiger partial charge in [0, 0.05) is 23.9 Å². The molecule has 5 nitrogen and oxygen atoms in total. The predicted molar refractivity (Wildman–Crippen MR) is 131 cm³/mol. The zero-order valence-electron chi connectivity index (χ0n) is 22.2. The van der Waals surface area contributed by atoms with E-state index in [0.29, 0.717) is 25.6 Å². The van der Waals surface area contributed by atoms with Gasteiger partial charge in [-0.3, -0.25) is 0 Å². The van der Waals surface area contributed by atoms with Gasteiger partial charge >= 0.3 is 0 Å². The largest absolute Gasteiger partial charge is 0.414 e. The summed E-state index contributed by atoms with van der Waals surface area (Å²) in [6.07, 6.45) is 4.48. The topological polar surface area (TPSA) is 68.2 Å². The molecule has 3 rings (SSSR count). The third kappa shape index (κ3) is 4.37. The van der Waals surface area contributed by atoms with Crippen LogP contribution in [0, 0.1) is 23.2 Å². The molecule has 1 aliphatic heterocycles. The lowest BCUT2D eigenvalue weighted by atomic mass is 9.58. The molecule has 0 aromatic carbocycles. The number of rotatable bonds is 7. The second-order valence-electron chi connectivity index (χ2n) is 13.1. The third-order valence-electron chi connectivity index (χ3n) is 9.80. The first kappa shape index (κ1) is 26.6. The molecule has 3 fully saturated rings. The Labute approximate surface area is 197 Å². The number of hydrogen-bond acceptors (Lipinski definition) is 5. The molecule has 0 aromatic rings. The van der Waals surface area contributed by atoms with Gasteiger partial charge in [0.05, 0.1) is 19.3 Å². The molecule has 32 heavy (non-hydrogen) atoms. The maximum atomic E-state index is 12.3. The molecule has 1 saturated heterocycles. The van der Waals surface area contributed by atoms with Gasteiger partial charge in [-0.15, -0.1) is 0 Å². The van der Waals surface area contributed by atoms with Crippen LogP contribution in [0.1, 0.15) is 87.0 Å². The van der Waals surface area contributed by atoms with Crippen molar-refractivity contribution in [1.82, 2.24) is 0 Å². The summed E-state index contributed by atoms with van der Waals surface area (Å²) in [5, 5.41) is 23.8. The zero-order chi connectivity index (χ0) is 24.2. The quantitative estimate of drug-likeness (QED) is 0.481. The molecule has 2 saturated carbocycles. The van der Waals surface area contributed by atoms with Gasteiger partial charge in [0.15, 0.2) is 14.1 Å². The van der Waals surface area contributed by atoms with Gasteiger partial charge in [0.2, 0.25) is 0 Å². The van der Waals surface area contributed by atoms with E-state index in [9.17, 15) is 10.2 Å². The monoisotopic (exact) mass is 470 g/mol. The molecule has 2 N–H and O–H groups in total. The maximum Gasteiger partial charge on any atom is 0.192 e. The van der Waals surface area contributed by atoms with Crippen LogP contribution >= 0.6 is 0 Å². The van der Waals surface area contributed by atoms with Gasteiger partial charge in [0.1, 0.15) is 5.60 Å². The Hall–Kier alpha value is 0.0169. The highest BCUT2D eigenvalue weighted by Crippen LogP contribution is 2.63. The number of ether oxygens (including phenoxy) is 2. The van der Waals surface area contributed by atoms with Gasteiger partial charge in [-0.05, 0) is 62.1 Å². The van der Waals surface area contributed by atoms with Gasteiger partial charge in [-0.25, -0.2) is 0 Å². The first-order valence-electron chi connectivity index (χ1n) is 13.0. The Morgan fingerprint density at radius 1 is 1.09 bits per heavy atom. The number of aliphatic hydroxyl groups is 2. The fourth-order valence-corrected chi connectivity index (χ4v) is 7.86. The summed E-state index contributed by atoms with van der Waals surface area (Å²) in [5.41, 5.74) is -1.61. The molecule has 0 unspecified atom stereocenters. The van der Waals surface area contributed by atoms with E-state index < -0.39 is 25.8 Å². The van der Waals surface area contributed by atoms with Gasteiger partial charge in [0.25, 0.3) is 0 Å². The van der Waals surface area contributed by atoms with E-state index >= 15 is 0 Å². The van der Waals surface area contributed by atoms with Crippen LogP contribution < -0.4 is 0 Å². The molecule has 3 aliphatic rings. The summed E-state index contributed by atoms with van der Waals surface area (Å²) < 4.78 is 19.2. The molecule has 0 aromatic heterocycles. The van der Waals surface area contributed by atoms with E-state index in [1.165, 1.54) is 0 Å². The smallest absolute Gasteiger partial charge is 0.192 e. The summed E-state index contributed by atoms with van der Waals surface area (Å²) in [4.78, 5) is 0. The molecular weight excluding hydrogens is 420 g/mol. The Morgan fingerprint density at radius 2 is 1.69 bits per heavy atom. The Kier molecular flexibility index (Phi) is 7.41. The summed E-state index contributed by atoms with van der Waals surface area (Å²) >= 11 is 0. The minimum absolute atomic E-state index is 0.179. The molecule has 0 radical (unpaired) electrons. The van der Waals surface area contributed by atoms with E-state index in [4.69, 9.17) is 13.9 Å². The summed E-state index contributed by atoms with van der Waals surface area (Å²) in [6.45, 7) is 21.2. The van der Waals surface area contributed by atoms with E-state index in [0.717, 1.165) is 32.1 Å². The van der Waals surface area contributed by atoms with Crippen LogP contribution in [0.15, 0.2) is 0 Å². The molecule has 0 spiro atoms. The van der Waals surface area contributed by atoms with Crippen LogP contribution in [-0.4, -0.2) is 55.3 Å². The van der Waals surface area contributed by atoms with Gasteiger partial charge in [-0.2, -0.15) is 0 Å². The first-order chi connectivity index (χ1) is 14.6. The van der Waals surface area contributed by atoms with Gasteiger partial charge < -0.3 is 24.1 Å². The summed E-state index contributed by atoms with van der Waals surface area (Å²) in [5.74, 6) is -0.357. The van der Waals surface area contributed by atoms with Crippen molar-refractivity contribution in [2.45, 2.75) is 129 Å². The average molecular weight is 471 g/mol. The van der Waals surface area contributed by atoms with Crippen molar-refractivity contribution in [3.8, 4) is 0 Å². The minimum atomic E-state index is -1.85. The molecule has 6 atom stereocenters. The third-order valence-corrected chi connectivity index (χ3v) is 14.3. The van der Waals surface area contributed by atoms with Crippen LogP contribution in [0.25, 0.3) is 0 Å². The lowest BCUT2D eigenvalue weighted by Gasteiger charge is -2.54. The molecule has 1 heterocycles. The second kappa shape index (κ2) is 8.91. The van der Waals surface area contributed by atoms with Crippen LogP contribution in [0.4, 0.5) is 0 Å². The maximum absolute atomic E-state index is 12.3. The molecule has 2 aliphatic carbocycles. The normalized spacial score (nSPS) is 38.8. The number of fused-ring (bicyclic) bond motifs is 1. The highest BCUT2D eigenvalue weighted by molar-refractivity contribution is 6.74. The van der Waals surface area contributed by atoms with Crippen molar-refractivity contribution >= 4 is 8.32 Å². The van der Waals surface area contributed by atoms with E-state index in [2.05, 4.69) is 54.6 Å². The lowest BCUT2D eigenvalue weighted by Crippen LogP contribution is -2.63. The van der Waals surface area contributed by atoms with E-state index in [1.54, 1.807) is 0 Å². The molecule has 188 valence electrons. The van der Waals surface area contributed by atoms with Crippen molar-refractivity contribution in [1.29, 1.82) is 0 Å². The fourth-order valence-electron chi connectivity index (χ4n) is 6.46. The molecule has 0 amide bonds. The molecular formula is C26H50O5Si. The van der Waals surface area contributed by atoms with Crippen LogP contribution in [0.5, 0.6) is 0 Å². The Balaban J connectivity index is 1.82. The Morgan fingerprint density at radius 3 is 2.22 bits per heavy atom. The lowest BCUT2D eigenvalue weighted by molar-refractivity contribution is -0.277. The highest BCUT2D eigenvalue weighted by Gasteiger charge is 2.69. The average Bonchev–Trinajstić information content (AvgIpc) is 3.23. The van der Waals surface area contributed by atoms with Crippen molar-refractivity contribution in [2.75, 3.05) is 13.2 Å². The fraction of sp³-hybridized carbons (Fsp3) is 1.00. The standard InChI is InChI=1S/C26H50O5Si/c1-18(2)10-13-25(29-14-15-30-25)19(3)26(28)22(27)17-20-16-21(11-12-24(20,26)7)31-32(8,9)23(4,5)6/h18-22,27-28H,10-17H2,1-9H3/t19-,20-,21+,22+,24+,26-/m1/s1. The van der Waals surface area contributed by atoms with Crippen LogP contribution in [0.2, 0.25) is 18.1 Å². The van der Waals surface area contributed by atoms with E-state index in [1.807, 2.05) is 6.92 Å². The zero-order valence-corrected chi connectivity index (χ0v) is 23.2. The van der Waals surface area contributed by atoms with E-state index in [-0.39, 0.29) is 28.4 Å². The van der Waals surface area contributed by atoms with Gasteiger partial charge in [-0.1, -0.05) is 48.5 Å². The predicted octanol–water partition coefficient (Wildman–Crippen LogP) is 5.49. The molecule has 6 heteroatoms. The van der Waals surface area contributed by atoms with Crippen molar-refractivity contribution in [3.63, 3.8) is 0 Å². The first-order valence-corrected chi connectivity index (χ1v) is 15.9. The molecule has 0 bridgehead atoms. The van der Waals surface area contributed by atoms with Crippen LogP contribution in [-0.2, 0) is 13.9 Å². The second-order valence-corrected chi connectivity index (χ2v) is 17.9. The summed E-state index contributed by atoms with van der Waals surface area (Å²) in [6, 6.07) is 0. The Bertz CT molecular complexity index is 653. The minimum Gasteiger partial charge on any atom is -0.414 e. The van der Waals surface area contributed by atoms with Crippen molar-refractivity contribution in [3.05, 3.63) is 0 Å². The van der Waals surface area contributed by atoms with Crippen LogP contribution in [0.3, 0.4) is 0 Å². The highest BCUT2D eigenvalue weighted by atomic mass is 28.4.